The quantitative estimate of drug-likeness (QED) is 0.211. The van der Waals surface area contributed by atoms with E-state index in [0.717, 1.165) is 35.1 Å². The highest BCUT2D eigenvalue weighted by Crippen LogP contribution is 2.46. The molecule has 2 unspecified atom stereocenters. The number of hydrogen-bond donors (Lipinski definition) is 4. The van der Waals surface area contributed by atoms with Gasteiger partial charge in [0.25, 0.3) is 11.8 Å². The Morgan fingerprint density at radius 3 is 2.27 bits per heavy atom. The van der Waals surface area contributed by atoms with Crippen molar-refractivity contribution in [2.24, 2.45) is 11.1 Å². The maximum atomic E-state index is 14.4. The molecule has 1 saturated heterocycles. The van der Waals surface area contributed by atoms with Crippen LogP contribution < -0.4 is 15.4 Å². The lowest BCUT2D eigenvalue weighted by Gasteiger charge is -2.30. The van der Waals surface area contributed by atoms with Gasteiger partial charge in [0.15, 0.2) is 0 Å². The highest BCUT2D eigenvalue weighted by molar-refractivity contribution is 7.91. The molecule has 5 atom stereocenters. The number of nitrogens with one attached hydrogen (secondary N) is 3. The van der Waals surface area contributed by atoms with E-state index in [1.54, 1.807) is 0 Å². The van der Waals surface area contributed by atoms with Crippen LogP contribution in [0.25, 0.3) is 11.1 Å². The lowest BCUT2D eigenvalue weighted by Crippen LogP contribution is -2.59. The van der Waals surface area contributed by atoms with E-state index in [1.165, 1.54) is 18.7 Å². The summed E-state index contributed by atoms with van der Waals surface area (Å²) < 4.78 is 27.8. The van der Waals surface area contributed by atoms with Gasteiger partial charge in [0.2, 0.25) is 21.8 Å². The summed E-state index contributed by atoms with van der Waals surface area (Å²) in [5.41, 5.74) is 1.18. The van der Waals surface area contributed by atoms with Crippen LogP contribution in [0.5, 0.6) is 0 Å². The normalized spacial score (nSPS) is 28.1. The molecule has 0 bridgehead atoms. The minimum absolute atomic E-state index is 0.0301. The van der Waals surface area contributed by atoms with Crippen molar-refractivity contribution < 1.29 is 37.5 Å². The molecule has 7 rings (SSSR count). The van der Waals surface area contributed by atoms with Gasteiger partial charge in [-0.3, -0.25) is 23.9 Å². The number of sulfonamides is 1. The molecule has 0 spiro atoms. The number of aliphatic hydroxyl groups is 1. The zero-order chi connectivity index (χ0) is 36.8. The molecule has 3 aliphatic carbocycles. The van der Waals surface area contributed by atoms with Crippen molar-refractivity contribution >= 4 is 39.4 Å². The smallest absolute Gasteiger partial charge is 0.259 e. The molecule has 2 saturated carbocycles. The van der Waals surface area contributed by atoms with Gasteiger partial charge in [0.05, 0.1) is 11.8 Å². The number of amides is 4. The molecule has 3 fully saturated rings. The lowest BCUT2D eigenvalue weighted by atomic mass is 10.0. The number of benzene rings is 2. The van der Waals surface area contributed by atoms with E-state index in [9.17, 15) is 32.7 Å². The fourth-order valence-corrected chi connectivity index (χ4v) is 8.76. The standard InChI is InChI=1S/C38H45N5O8S/c1-37(2,48)35(46)39-30-17-7-5-3-4-6-12-23-21-38(23,36(47)42-52(49,50)25-18-19-25)40-33(44)31-20-24(22-43(31)34(30)45)51-41-32-28-15-10-8-13-26(28)27-14-9-11-16-29(27)32/h6,8-16,23-25,30-31,48H,3-5,7,17-22H2,1-2H3,(H,39,46)(H,40,44)(H,42,47)/b12-6-/t23?,24-,30+,31+,38?/m1/s1. The summed E-state index contributed by atoms with van der Waals surface area (Å²) in [6.07, 6.45) is 7.32. The van der Waals surface area contributed by atoms with Crippen molar-refractivity contribution in [2.45, 2.75) is 106 Å². The number of carbonyl (C=O) groups excluding carboxylic acids is 4. The Labute approximate surface area is 303 Å². The molecule has 0 aromatic heterocycles. The minimum atomic E-state index is -3.89. The number of nitrogens with zero attached hydrogens (tertiary/aromatic N) is 2. The summed E-state index contributed by atoms with van der Waals surface area (Å²) >= 11 is 0. The Balaban J connectivity index is 1.19. The monoisotopic (exact) mass is 731 g/mol. The number of fused-ring (bicyclic) bond motifs is 5. The first-order valence-electron chi connectivity index (χ1n) is 18.1. The second-order valence-corrected chi connectivity index (χ2v) is 17.1. The van der Waals surface area contributed by atoms with Crippen LogP contribution in [-0.2, 0) is 34.0 Å². The summed E-state index contributed by atoms with van der Waals surface area (Å²) in [6, 6.07) is 13.5. The third-order valence-corrected chi connectivity index (χ3v) is 12.5. The maximum Gasteiger partial charge on any atom is 0.259 e. The van der Waals surface area contributed by atoms with Crippen molar-refractivity contribution in [3.8, 4) is 11.1 Å². The molecular weight excluding hydrogens is 687 g/mol. The third-order valence-electron chi connectivity index (χ3n) is 10.7. The largest absolute Gasteiger partial charge is 0.390 e. The van der Waals surface area contributed by atoms with E-state index in [4.69, 9.17) is 4.84 Å². The third kappa shape index (κ3) is 7.10. The van der Waals surface area contributed by atoms with Crippen LogP contribution in [0, 0.1) is 5.92 Å². The zero-order valence-electron chi connectivity index (χ0n) is 29.3. The first kappa shape index (κ1) is 35.8. The van der Waals surface area contributed by atoms with Crippen LogP contribution >= 0.6 is 0 Å². The molecule has 4 N–H and O–H groups in total. The molecule has 52 heavy (non-hydrogen) atoms. The number of hydrogen-bond acceptors (Lipinski definition) is 9. The van der Waals surface area contributed by atoms with Gasteiger partial charge in [-0.2, -0.15) is 0 Å². The minimum Gasteiger partial charge on any atom is -0.390 e. The predicted octanol–water partition coefficient (Wildman–Crippen LogP) is 2.66. The molecule has 276 valence electrons. The number of allylic oxidation sites excluding steroid dienone is 1. The number of rotatable bonds is 7. The van der Waals surface area contributed by atoms with Gasteiger partial charge in [-0.15, -0.1) is 0 Å². The highest BCUT2D eigenvalue weighted by atomic mass is 32.2. The molecule has 2 heterocycles. The van der Waals surface area contributed by atoms with Gasteiger partial charge in [-0.05, 0) is 63.5 Å². The number of carbonyl (C=O) groups is 4. The van der Waals surface area contributed by atoms with Crippen LogP contribution in [0.3, 0.4) is 0 Å². The van der Waals surface area contributed by atoms with E-state index in [-0.39, 0.29) is 25.8 Å². The summed E-state index contributed by atoms with van der Waals surface area (Å²) in [4.78, 5) is 62.7. The van der Waals surface area contributed by atoms with E-state index < -0.39 is 74.1 Å². The lowest BCUT2D eigenvalue weighted by molar-refractivity contribution is -0.145. The van der Waals surface area contributed by atoms with E-state index in [1.807, 2.05) is 60.7 Å². The van der Waals surface area contributed by atoms with Crippen molar-refractivity contribution in [1.29, 1.82) is 0 Å². The molecule has 13 nitrogen and oxygen atoms in total. The molecule has 0 radical (unpaired) electrons. The Morgan fingerprint density at radius 1 is 0.981 bits per heavy atom. The number of oxime groups is 1. The highest BCUT2D eigenvalue weighted by Gasteiger charge is 2.62. The maximum absolute atomic E-state index is 14.4. The second kappa shape index (κ2) is 13.8. The molecule has 2 aliphatic heterocycles. The molecule has 14 heteroatoms. The summed E-state index contributed by atoms with van der Waals surface area (Å²) in [5, 5.41) is 19.9. The van der Waals surface area contributed by atoms with Gasteiger partial charge < -0.3 is 25.5 Å². The summed E-state index contributed by atoms with van der Waals surface area (Å²) in [7, 11) is -3.89. The summed E-state index contributed by atoms with van der Waals surface area (Å²) in [6.45, 7) is 2.63. The average molecular weight is 732 g/mol. The summed E-state index contributed by atoms with van der Waals surface area (Å²) in [5.74, 6) is -3.11. The first-order chi connectivity index (χ1) is 24.8. The van der Waals surface area contributed by atoms with Crippen molar-refractivity contribution in [3.63, 3.8) is 0 Å². The van der Waals surface area contributed by atoms with Crippen LogP contribution in [0.2, 0.25) is 0 Å². The second-order valence-electron chi connectivity index (χ2n) is 15.1. The predicted molar refractivity (Wildman–Crippen MR) is 192 cm³/mol. The van der Waals surface area contributed by atoms with Gasteiger partial charge in [0, 0.05) is 23.5 Å². The van der Waals surface area contributed by atoms with Crippen LogP contribution in [0.15, 0.2) is 65.8 Å². The SMILES string of the molecule is CC(C)(O)C(=O)N[C@H]1CCCCC/C=C\C2CC2(C(=O)NS(=O)(=O)C2CC2)NC(=O)[C@@H]2C[C@@H](ON=C3c4ccccc4-c4ccccc43)CN2C1=O. The first-order valence-corrected chi connectivity index (χ1v) is 19.6. The molecule has 4 amide bonds. The Morgan fingerprint density at radius 2 is 1.63 bits per heavy atom. The fraction of sp³-hybridized carbons (Fsp3) is 0.500. The van der Waals surface area contributed by atoms with Crippen molar-refractivity contribution in [3.05, 3.63) is 71.8 Å². The Bertz CT molecular complexity index is 1900. The Kier molecular flexibility index (Phi) is 9.49. The van der Waals surface area contributed by atoms with Gasteiger partial charge in [-0.1, -0.05) is 78.7 Å². The Hall–Kier alpha value is -4.56. The molecular formula is C38H45N5O8S. The van der Waals surface area contributed by atoms with Crippen molar-refractivity contribution in [1.82, 2.24) is 20.3 Å². The van der Waals surface area contributed by atoms with Crippen molar-refractivity contribution in [2.75, 3.05) is 6.54 Å². The topological polar surface area (TPSA) is 184 Å². The van der Waals surface area contributed by atoms with E-state index >= 15 is 0 Å². The van der Waals surface area contributed by atoms with Gasteiger partial charge in [-0.25, -0.2) is 8.42 Å². The fourth-order valence-electron chi connectivity index (χ4n) is 7.39. The van der Waals surface area contributed by atoms with Crippen LogP contribution in [0.1, 0.15) is 82.8 Å². The molecule has 2 aromatic rings. The molecule has 5 aliphatic rings. The van der Waals surface area contributed by atoms with Gasteiger partial charge >= 0.3 is 0 Å². The zero-order valence-corrected chi connectivity index (χ0v) is 30.2. The van der Waals surface area contributed by atoms with E-state index in [0.29, 0.717) is 31.4 Å². The van der Waals surface area contributed by atoms with Crippen LogP contribution in [-0.4, -0.2) is 88.9 Å². The molecule has 2 aromatic carbocycles. The van der Waals surface area contributed by atoms with E-state index in [2.05, 4.69) is 20.5 Å². The van der Waals surface area contributed by atoms with Crippen LogP contribution in [0.4, 0.5) is 0 Å². The average Bonchev–Trinajstić information content (AvgIpc) is 4.01. The van der Waals surface area contributed by atoms with Gasteiger partial charge in [0.1, 0.15) is 35.0 Å².